The van der Waals surface area contributed by atoms with Crippen LogP contribution in [0.25, 0.3) is 0 Å². The quantitative estimate of drug-likeness (QED) is 0.637. The molecular formula is C14H24N2S. The van der Waals surface area contributed by atoms with E-state index >= 15 is 0 Å². The largest absolute Gasteiger partial charge is 0.271 e. The van der Waals surface area contributed by atoms with E-state index in [-0.39, 0.29) is 0 Å². The van der Waals surface area contributed by atoms with E-state index < -0.39 is 0 Å². The van der Waals surface area contributed by atoms with Crippen LogP contribution in [0.15, 0.2) is 17.5 Å². The zero-order valence-electron chi connectivity index (χ0n) is 10.9. The molecule has 1 aromatic heterocycles. The summed E-state index contributed by atoms with van der Waals surface area (Å²) in [5, 5.41) is 2.15. The summed E-state index contributed by atoms with van der Waals surface area (Å²) in [6.07, 6.45) is 6.45. The van der Waals surface area contributed by atoms with Crippen molar-refractivity contribution in [2.45, 2.75) is 52.0 Å². The Labute approximate surface area is 109 Å². The number of hydrazine groups is 1. The molecule has 1 aliphatic rings. The molecule has 0 aliphatic heterocycles. The van der Waals surface area contributed by atoms with Crippen LogP contribution in [0.3, 0.4) is 0 Å². The van der Waals surface area contributed by atoms with E-state index in [1.807, 2.05) is 11.3 Å². The number of rotatable bonds is 4. The van der Waals surface area contributed by atoms with Gasteiger partial charge in [-0.2, -0.15) is 0 Å². The highest BCUT2D eigenvalue weighted by molar-refractivity contribution is 7.09. The molecule has 0 saturated heterocycles. The summed E-state index contributed by atoms with van der Waals surface area (Å²) in [5.74, 6) is 6.49. The molecule has 2 unspecified atom stereocenters. The monoisotopic (exact) mass is 252 g/mol. The first-order valence-electron chi connectivity index (χ1n) is 6.62. The lowest BCUT2D eigenvalue weighted by Crippen LogP contribution is -2.48. The van der Waals surface area contributed by atoms with E-state index in [0.717, 1.165) is 6.42 Å². The van der Waals surface area contributed by atoms with Crippen LogP contribution in [0.1, 0.15) is 44.4 Å². The normalized spacial score (nSPS) is 25.7. The van der Waals surface area contributed by atoms with E-state index in [0.29, 0.717) is 17.4 Å². The average molecular weight is 252 g/mol. The zero-order chi connectivity index (χ0) is 12.3. The number of nitrogens with two attached hydrogens (primary N) is 1. The van der Waals surface area contributed by atoms with E-state index in [1.165, 1.54) is 30.6 Å². The fourth-order valence-corrected chi connectivity index (χ4v) is 3.99. The van der Waals surface area contributed by atoms with E-state index in [4.69, 9.17) is 5.84 Å². The molecule has 1 aliphatic carbocycles. The van der Waals surface area contributed by atoms with Gasteiger partial charge in [-0.15, -0.1) is 11.3 Å². The lowest BCUT2D eigenvalue weighted by molar-refractivity contribution is 0.0985. The highest BCUT2D eigenvalue weighted by atomic mass is 32.1. The SMILES string of the molecule is CC1(C)CCCCC1C(Cc1cccs1)NN. The Kier molecular flexibility index (Phi) is 4.23. The molecule has 0 aromatic carbocycles. The van der Waals surface area contributed by atoms with Gasteiger partial charge in [-0.1, -0.05) is 32.8 Å². The van der Waals surface area contributed by atoms with E-state index in [9.17, 15) is 0 Å². The van der Waals surface area contributed by atoms with Crippen LogP contribution in [0.5, 0.6) is 0 Å². The Bertz CT molecular complexity index is 332. The van der Waals surface area contributed by atoms with Crippen LogP contribution in [0.4, 0.5) is 0 Å². The molecule has 1 heterocycles. The minimum atomic E-state index is 0.420. The predicted molar refractivity (Wildman–Crippen MR) is 74.9 cm³/mol. The van der Waals surface area contributed by atoms with Crippen LogP contribution in [-0.2, 0) is 6.42 Å². The third-order valence-corrected chi connectivity index (χ3v) is 5.19. The Hall–Kier alpha value is -0.380. The van der Waals surface area contributed by atoms with Crippen molar-refractivity contribution >= 4 is 11.3 Å². The highest BCUT2D eigenvalue weighted by Crippen LogP contribution is 2.42. The first kappa shape index (κ1) is 13.1. The van der Waals surface area contributed by atoms with Gasteiger partial charge in [-0.25, -0.2) is 0 Å². The van der Waals surface area contributed by atoms with Gasteiger partial charge in [0.15, 0.2) is 0 Å². The molecule has 0 bridgehead atoms. The van der Waals surface area contributed by atoms with Gasteiger partial charge in [-0.05, 0) is 42.0 Å². The lowest BCUT2D eigenvalue weighted by atomic mass is 9.65. The Balaban J connectivity index is 2.06. The second kappa shape index (κ2) is 5.51. The van der Waals surface area contributed by atoms with Crippen LogP contribution in [-0.4, -0.2) is 6.04 Å². The molecule has 17 heavy (non-hydrogen) atoms. The van der Waals surface area contributed by atoms with Gasteiger partial charge in [0, 0.05) is 10.9 Å². The molecule has 0 amide bonds. The van der Waals surface area contributed by atoms with Gasteiger partial charge < -0.3 is 0 Å². The summed E-state index contributed by atoms with van der Waals surface area (Å²) in [4.78, 5) is 1.44. The zero-order valence-corrected chi connectivity index (χ0v) is 11.7. The van der Waals surface area contributed by atoms with Crippen molar-refractivity contribution in [3.8, 4) is 0 Å². The Morgan fingerprint density at radius 3 is 2.94 bits per heavy atom. The van der Waals surface area contributed by atoms with E-state index in [1.54, 1.807) is 0 Å². The molecule has 3 heteroatoms. The van der Waals surface area contributed by atoms with Crippen LogP contribution in [0, 0.1) is 11.3 Å². The van der Waals surface area contributed by atoms with Gasteiger partial charge in [0.05, 0.1) is 0 Å². The van der Waals surface area contributed by atoms with Crippen molar-refractivity contribution in [2.24, 2.45) is 17.2 Å². The maximum Gasteiger partial charge on any atom is 0.0292 e. The first-order chi connectivity index (χ1) is 8.13. The van der Waals surface area contributed by atoms with Crippen molar-refractivity contribution in [3.05, 3.63) is 22.4 Å². The maximum atomic E-state index is 5.80. The van der Waals surface area contributed by atoms with Gasteiger partial charge in [-0.3, -0.25) is 11.3 Å². The van der Waals surface area contributed by atoms with E-state index in [2.05, 4.69) is 36.8 Å². The average Bonchev–Trinajstić information content (AvgIpc) is 2.79. The molecule has 2 nitrogen and oxygen atoms in total. The van der Waals surface area contributed by atoms with Crippen LogP contribution >= 0.6 is 11.3 Å². The molecule has 1 aromatic rings. The van der Waals surface area contributed by atoms with Gasteiger partial charge >= 0.3 is 0 Å². The van der Waals surface area contributed by atoms with Crippen molar-refractivity contribution in [2.75, 3.05) is 0 Å². The summed E-state index contributed by atoms with van der Waals surface area (Å²) in [5.41, 5.74) is 3.50. The van der Waals surface area contributed by atoms with Gasteiger partial charge in [0.2, 0.25) is 0 Å². The molecule has 1 saturated carbocycles. The standard InChI is InChI=1S/C14H24N2S/c1-14(2)8-4-3-7-12(14)13(16-15)10-11-6-5-9-17-11/h5-6,9,12-13,16H,3-4,7-8,10,15H2,1-2H3. The van der Waals surface area contributed by atoms with Crippen LogP contribution < -0.4 is 11.3 Å². The van der Waals surface area contributed by atoms with Crippen molar-refractivity contribution in [3.63, 3.8) is 0 Å². The lowest BCUT2D eigenvalue weighted by Gasteiger charge is -2.43. The van der Waals surface area contributed by atoms with Crippen molar-refractivity contribution in [1.82, 2.24) is 5.43 Å². The first-order valence-corrected chi connectivity index (χ1v) is 7.50. The maximum absolute atomic E-state index is 5.80. The van der Waals surface area contributed by atoms with Gasteiger partial charge in [0.25, 0.3) is 0 Å². The number of hydrogen-bond donors (Lipinski definition) is 2. The second-order valence-electron chi connectivity index (χ2n) is 5.90. The number of thiophene rings is 1. The topological polar surface area (TPSA) is 38.0 Å². The summed E-state index contributed by atoms with van der Waals surface area (Å²) < 4.78 is 0. The Morgan fingerprint density at radius 1 is 1.53 bits per heavy atom. The fraction of sp³-hybridized carbons (Fsp3) is 0.714. The minimum absolute atomic E-state index is 0.420. The molecule has 3 N–H and O–H groups in total. The molecule has 2 rings (SSSR count). The molecule has 2 atom stereocenters. The highest BCUT2D eigenvalue weighted by Gasteiger charge is 2.37. The molecule has 1 fully saturated rings. The second-order valence-corrected chi connectivity index (χ2v) is 6.93. The molecule has 96 valence electrons. The smallest absolute Gasteiger partial charge is 0.0292 e. The third kappa shape index (κ3) is 3.09. The Morgan fingerprint density at radius 2 is 2.35 bits per heavy atom. The summed E-state index contributed by atoms with van der Waals surface area (Å²) in [6.45, 7) is 4.80. The summed E-state index contributed by atoms with van der Waals surface area (Å²) in [6, 6.07) is 4.76. The van der Waals surface area contributed by atoms with Crippen LogP contribution in [0.2, 0.25) is 0 Å². The number of nitrogens with one attached hydrogen (secondary N) is 1. The van der Waals surface area contributed by atoms with Crippen molar-refractivity contribution in [1.29, 1.82) is 0 Å². The van der Waals surface area contributed by atoms with Gasteiger partial charge in [0.1, 0.15) is 0 Å². The fourth-order valence-electron chi connectivity index (χ4n) is 3.23. The van der Waals surface area contributed by atoms with Crippen molar-refractivity contribution < 1.29 is 0 Å². The molecule has 0 spiro atoms. The number of hydrogen-bond acceptors (Lipinski definition) is 3. The summed E-state index contributed by atoms with van der Waals surface area (Å²) in [7, 11) is 0. The molecular weight excluding hydrogens is 228 g/mol. The predicted octanol–water partition coefficient (Wildman–Crippen LogP) is 3.34. The third-order valence-electron chi connectivity index (χ3n) is 4.29. The summed E-state index contributed by atoms with van der Waals surface area (Å²) >= 11 is 1.84. The minimum Gasteiger partial charge on any atom is -0.271 e. The molecule has 0 radical (unpaired) electrons.